The summed E-state index contributed by atoms with van der Waals surface area (Å²) in [7, 11) is 1.45. The maximum absolute atomic E-state index is 13.7. The fraction of sp³-hybridized carbons (Fsp3) is 0.688. The Bertz CT molecular complexity index is 1160. The van der Waals surface area contributed by atoms with E-state index in [0.717, 1.165) is 44.9 Å². The number of carbonyl (C=O) groups excluding carboxylic acids is 2. The Morgan fingerprint density at radius 3 is 2.24 bits per heavy atom. The van der Waals surface area contributed by atoms with Gasteiger partial charge in [0.25, 0.3) is 5.91 Å². The van der Waals surface area contributed by atoms with Crippen molar-refractivity contribution in [1.29, 1.82) is 5.26 Å². The fourth-order valence-electron chi connectivity index (χ4n) is 6.44. The highest BCUT2D eigenvalue weighted by molar-refractivity contribution is 5.98. The van der Waals surface area contributed by atoms with E-state index in [4.69, 9.17) is 9.47 Å². The minimum atomic E-state index is -0.810. The van der Waals surface area contributed by atoms with Crippen LogP contribution in [0.4, 0.5) is 0 Å². The lowest BCUT2D eigenvalue weighted by atomic mass is 9.70. The Kier molecular flexibility index (Phi) is 9.83. The first-order chi connectivity index (χ1) is 19.6. The van der Waals surface area contributed by atoms with Gasteiger partial charge in [0, 0.05) is 18.7 Å². The number of hydrogen-bond acceptors (Lipinski definition) is 6. The number of amides is 2. The van der Waals surface area contributed by atoms with Crippen molar-refractivity contribution in [3.8, 4) is 17.6 Å². The van der Waals surface area contributed by atoms with Crippen LogP contribution in [0.2, 0.25) is 0 Å². The van der Waals surface area contributed by atoms with Crippen LogP contribution in [0.25, 0.3) is 0 Å². The lowest BCUT2D eigenvalue weighted by Crippen LogP contribution is -2.49. The number of carboxylic acids is 1. The van der Waals surface area contributed by atoms with Gasteiger partial charge in [-0.05, 0) is 69.8 Å². The largest absolute Gasteiger partial charge is 0.496 e. The molecule has 0 saturated heterocycles. The number of nitrogens with one attached hydrogen (secondary N) is 2. The Balaban J connectivity index is 1.50. The second-order valence-electron chi connectivity index (χ2n) is 12.9. The molecule has 224 valence electrons. The Morgan fingerprint density at radius 1 is 0.976 bits per heavy atom. The first kappa shape index (κ1) is 30.7. The summed E-state index contributed by atoms with van der Waals surface area (Å²) in [6.45, 7) is 4.63. The van der Waals surface area contributed by atoms with Crippen molar-refractivity contribution in [2.75, 3.05) is 13.7 Å². The van der Waals surface area contributed by atoms with Gasteiger partial charge in [-0.2, -0.15) is 5.26 Å². The van der Waals surface area contributed by atoms with Crippen molar-refractivity contribution in [3.05, 3.63) is 23.3 Å². The maximum atomic E-state index is 13.7. The lowest BCUT2D eigenvalue weighted by molar-refractivity contribution is -0.150. The van der Waals surface area contributed by atoms with E-state index in [2.05, 4.69) is 23.6 Å². The summed E-state index contributed by atoms with van der Waals surface area (Å²) in [6, 6.07) is 4.88. The zero-order valence-electron chi connectivity index (χ0n) is 24.7. The summed E-state index contributed by atoms with van der Waals surface area (Å²) in [5.74, 6) is -0.940. The highest BCUT2D eigenvalue weighted by Gasteiger charge is 2.39. The number of benzene rings is 1. The molecule has 0 heterocycles. The molecule has 41 heavy (non-hydrogen) atoms. The van der Waals surface area contributed by atoms with Crippen LogP contribution in [0, 0.1) is 28.1 Å². The first-order valence-electron chi connectivity index (χ1n) is 15.2. The predicted molar refractivity (Wildman–Crippen MR) is 154 cm³/mol. The van der Waals surface area contributed by atoms with Crippen LogP contribution >= 0.6 is 0 Å². The molecule has 9 heteroatoms. The number of carboxylic acid groups (broad SMARTS) is 1. The van der Waals surface area contributed by atoms with Crippen LogP contribution in [-0.4, -0.2) is 48.7 Å². The van der Waals surface area contributed by atoms with E-state index in [1.807, 2.05) is 0 Å². The highest BCUT2D eigenvalue weighted by Crippen LogP contribution is 2.40. The Hall–Kier alpha value is -3.28. The molecular formula is C32H45N3O6. The smallest absolute Gasteiger partial charge is 0.309 e. The van der Waals surface area contributed by atoms with Gasteiger partial charge < -0.3 is 25.2 Å². The van der Waals surface area contributed by atoms with Gasteiger partial charge in [-0.15, -0.1) is 0 Å². The number of rotatable bonds is 9. The summed E-state index contributed by atoms with van der Waals surface area (Å²) in [6.07, 6.45) is 10.7. The quantitative estimate of drug-likeness (QED) is 0.365. The van der Waals surface area contributed by atoms with Crippen LogP contribution in [0.15, 0.2) is 12.1 Å². The number of carbonyl (C=O) groups is 3. The molecular weight excluding hydrogens is 522 g/mol. The van der Waals surface area contributed by atoms with Crippen molar-refractivity contribution < 1.29 is 29.0 Å². The molecule has 2 amide bonds. The molecule has 3 aliphatic carbocycles. The van der Waals surface area contributed by atoms with Crippen LogP contribution < -0.4 is 20.1 Å². The second-order valence-corrected chi connectivity index (χ2v) is 12.9. The van der Waals surface area contributed by atoms with Gasteiger partial charge in [0.05, 0.1) is 35.7 Å². The van der Waals surface area contributed by atoms with E-state index >= 15 is 0 Å². The molecule has 3 aliphatic rings. The molecule has 3 fully saturated rings. The van der Waals surface area contributed by atoms with E-state index in [1.54, 1.807) is 13.0 Å². The van der Waals surface area contributed by atoms with E-state index in [0.29, 0.717) is 38.6 Å². The molecule has 0 bridgehead atoms. The highest BCUT2D eigenvalue weighted by atomic mass is 16.5. The van der Waals surface area contributed by atoms with Gasteiger partial charge in [0.1, 0.15) is 17.6 Å². The van der Waals surface area contributed by atoms with E-state index in [1.165, 1.54) is 19.6 Å². The van der Waals surface area contributed by atoms with Crippen molar-refractivity contribution in [3.63, 3.8) is 0 Å². The van der Waals surface area contributed by atoms with Crippen LogP contribution in [-0.2, 0) is 9.59 Å². The molecule has 0 spiro atoms. The van der Waals surface area contributed by atoms with Crippen LogP contribution in [0.1, 0.15) is 113 Å². The average molecular weight is 568 g/mol. The zero-order chi connectivity index (χ0) is 29.6. The maximum Gasteiger partial charge on any atom is 0.309 e. The molecule has 0 radical (unpaired) electrons. The topological polar surface area (TPSA) is 138 Å². The van der Waals surface area contributed by atoms with Gasteiger partial charge in [0.15, 0.2) is 0 Å². The lowest BCUT2D eigenvalue weighted by Gasteiger charge is -2.39. The van der Waals surface area contributed by atoms with E-state index in [-0.39, 0.29) is 57.9 Å². The van der Waals surface area contributed by atoms with Crippen LogP contribution in [0.5, 0.6) is 11.5 Å². The zero-order valence-corrected chi connectivity index (χ0v) is 24.7. The number of hydrogen-bond donors (Lipinski definition) is 3. The molecule has 0 unspecified atom stereocenters. The van der Waals surface area contributed by atoms with Crippen LogP contribution in [0.3, 0.4) is 0 Å². The SMILES string of the molecule is COc1cc(C#N)c(OC2CCC(C)(C(=O)O)CC2)cc1C(=O)N[C@H]1CCCCCC[C@H]1C(=O)NCC1(C)CCC1. The molecule has 1 aromatic rings. The third kappa shape index (κ3) is 7.33. The van der Waals surface area contributed by atoms with Gasteiger partial charge in [-0.25, -0.2) is 0 Å². The molecule has 3 N–H and O–H groups in total. The third-order valence-corrected chi connectivity index (χ3v) is 9.68. The Labute approximate surface area is 243 Å². The minimum Gasteiger partial charge on any atom is -0.496 e. The average Bonchev–Trinajstić information content (AvgIpc) is 2.93. The van der Waals surface area contributed by atoms with Crippen molar-refractivity contribution >= 4 is 17.8 Å². The summed E-state index contributed by atoms with van der Waals surface area (Å²) >= 11 is 0. The van der Waals surface area contributed by atoms with E-state index in [9.17, 15) is 24.8 Å². The predicted octanol–water partition coefficient (Wildman–Crippen LogP) is 5.35. The molecule has 0 aliphatic heterocycles. The molecule has 3 saturated carbocycles. The van der Waals surface area contributed by atoms with Crippen molar-refractivity contribution in [2.24, 2.45) is 16.7 Å². The molecule has 0 aromatic heterocycles. The fourth-order valence-corrected chi connectivity index (χ4v) is 6.44. The van der Waals surface area contributed by atoms with Gasteiger partial charge in [0.2, 0.25) is 5.91 Å². The minimum absolute atomic E-state index is 0.00630. The summed E-state index contributed by atoms with van der Waals surface area (Å²) < 4.78 is 11.7. The number of ether oxygens (including phenoxy) is 2. The summed E-state index contributed by atoms with van der Waals surface area (Å²) in [5.41, 5.74) is -0.111. The second kappa shape index (κ2) is 13.1. The monoisotopic (exact) mass is 567 g/mol. The Morgan fingerprint density at radius 2 is 1.66 bits per heavy atom. The molecule has 9 nitrogen and oxygen atoms in total. The number of aliphatic carboxylic acids is 1. The van der Waals surface area contributed by atoms with E-state index < -0.39 is 11.4 Å². The molecule has 1 aromatic carbocycles. The van der Waals surface area contributed by atoms with Gasteiger partial charge in [-0.1, -0.05) is 39.0 Å². The summed E-state index contributed by atoms with van der Waals surface area (Å²) in [4.78, 5) is 38.7. The third-order valence-electron chi connectivity index (χ3n) is 9.68. The first-order valence-corrected chi connectivity index (χ1v) is 15.2. The van der Waals surface area contributed by atoms with Gasteiger partial charge >= 0.3 is 5.97 Å². The normalized spacial score (nSPS) is 27.6. The van der Waals surface area contributed by atoms with Crippen molar-refractivity contribution in [1.82, 2.24) is 10.6 Å². The summed E-state index contributed by atoms with van der Waals surface area (Å²) in [5, 5.41) is 25.7. The molecule has 4 rings (SSSR count). The number of nitrogens with zero attached hydrogens (tertiary/aromatic N) is 1. The standard InChI is InChI=1S/C32H45N3O6/c1-31(13-8-14-31)20-34-28(36)23-9-6-4-5-7-10-25(23)35-29(37)24-18-26(21(19-33)17-27(24)40-3)41-22-11-15-32(2,16-12-22)30(38)39/h17-18,22-23,25H,4-16,20H2,1-3H3,(H,34,36)(H,35,37)(H,38,39)/t22?,23-,25+,32?/m1/s1. The number of nitriles is 1. The molecule has 2 atom stereocenters. The van der Waals surface area contributed by atoms with Crippen molar-refractivity contribution in [2.45, 2.75) is 109 Å². The van der Waals surface area contributed by atoms with Gasteiger partial charge in [-0.3, -0.25) is 14.4 Å². The number of methoxy groups -OCH3 is 1.